The lowest BCUT2D eigenvalue weighted by molar-refractivity contribution is 0.289. The summed E-state index contributed by atoms with van der Waals surface area (Å²) in [6.45, 7) is 5.13. The van der Waals surface area contributed by atoms with Crippen LogP contribution in [0.25, 0.3) is 0 Å². The Balaban J connectivity index is 1.83. The molecule has 5 heteroatoms. The van der Waals surface area contributed by atoms with E-state index in [4.69, 9.17) is 17.0 Å². The fourth-order valence-electron chi connectivity index (χ4n) is 2.18. The Morgan fingerprint density at radius 3 is 1.96 bits per heavy atom. The summed E-state index contributed by atoms with van der Waals surface area (Å²) >= 11 is 5.37. The maximum absolute atomic E-state index is 5.72. The highest BCUT2D eigenvalue weighted by molar-refractivity contribution is 7.80. The van der Waals surface area contributed by atoms with Gasteiger partial charge in [0.25, 0.3) is 0 Å². The number of nitrogens with zero attached hydrogens (tertiary/aromatic N) is 1. The molecule has 0 amide bonds. The van der Waals surface area contributed by atoms with Crippen LogP contribution in [-0.2, 0) is 0 Å². The summed E-state index contributed by atoms with van der Waals surface area (Å²) in [5.41, 5.74) is 3.04. The first-order chi connectivity index (χ1) is 11.9. The monoisotopic (exact) mass is 357 g/mol. The number of hydrogen-bond acceptors (Lipinski definition) is 3. The van der Waals surface area contributed by atoms with E-state index >= 15 is 0 Å². The van der Waals surface area contributed by atoms with E-state index in [9.17, 15) is 0 Å². The van der Waals surface area contributed by atoms with E-state index in [0.29, 0.717) is 11.0 Å². The highest BCUT2D eigenvalue weighted by Gasteiger charge is 2.02. The molecule has 2 N–H and O–H groups in total. The molecule has 4 nitrogen and oxygen atoms in total. The first-order valence-corrected chi connectivity index (χ1v) is 8.93. The quantitative estimate of drug-likeness (QED) is 0.683. The lowest BCUT2D eigenvalue weighted by Crippen LogP contribution is -2.19. The maximum atomic E-state index is 5.72. The number of nitrogens with one attached hydrogen (secondary N) is 2. The molecule has 0 saturated carbocycles. The summed E-state index contributed by atoms with van der Waals surface area (Å²) in [7, 11) is 4.04. The Morgan fingerprint density at radius 1 is 0.960 bits per heavy atom. The van der Waals surface area contributed by atoms with Gasteiger partial charge in [0, 0.05) is 31.2 Å². The van der Waals surface area contributed by atoms with Gasteiger partial charge in [-0.2, -0.15) is 0 Å². The molecule has 0 unspecified atom stereocenters. The van der Waals surface area contributed by atoms with Gasteiger partial charge in [0.15, 0.2) is 5.11 Å². The van der Waals surface area contributed by atoms with Gasteiger partial charge < -0.3 is 20.3 Å². The summed E-state index contributed by atoms with van der Waals surface area (Å²) < 4.78 is 5.72. The molecule has 2 aromatic rings. The molecule has 2 aromatic carbocycles. The van der Waals surface area contributed by atoms with Crippen molar-refractivity contribution in [3.63, 3.8) is 0 Å². The Bertz CT molecular complexity index is 666. The topological polar surface area (TPSA) is 36.5 Å². The van der Waals surface area contributed by atoms with Crippen molar-refractivity contribution in [3.05, 3.63) is 48.5 Å². The summed E-state index contributed by atoms with van der Waals surface area (Å²) in [6, 6.07) is 16.0. The van der Waals surface area contributed by atoms with E-state index < -0.39 is 0 Å². The van der Waals surface area contributed by atoms with Crippen LogP contribution in [0.1, 0.15) is 20.3 Å². The smallest absolute Gasteiger partial charge is 0.175 e. The predicted octanol–water partition coefficient (Wildman–Crippen LogP) is 4.99. The first kappa shape index (κ1) is 19.1. The maximum Gasteiger partial charge on any atom is 0.175 e. The van der Waals surface area contributed by atoms with Gasteiger partial charge in [-0.15, -0.1) is 0 Å². The third-order valence-electron chi connectivity index (χ3n) is 3.72. The molecule has 134 valence electrons. The van der Waals surface area contributed by atoms with Crippen LogP contribution in [0.5, 0.6) is 5.75 Å². The molecule has 0 fully saturated rings. The van der Waals surface area contributed by atoms with Crippen molar-refractivity contribution in [2.24, 2.45) is 5.92 Å². The van der Waals surface area contributed by atoms with Crippen molar-refractivity contribution in [2.75, 3.05) is 36.2 Å². The molecule has 0 aliphatic carbocycles. The molecule has 2 rings (SSSR count). The zero-order valence-corrected chi connectivity index (χ0v) is 16.2. The van der Waals surface area contributed by atoms with E-state index in [0.717, 1.165) is 35.8 Å². The Morgan fingerprint density at radius 2 is 1.48 bits per heavy atom. The first-order valence-electron chi connectivity index (χ1n) is 8.52. The van der Waals surface area contributed by atoms with E-state index in [2.05, 4.69) is 29.4 Å². The third-order valence-corrected chi connectivity index (χ3v) is 3.92. The van der Waals surface area contributed by atoms with Gasteiger partial charge in [-0.1, -0.05) is 13.8 Å². The Hall–Kier alpha value is -2.27. The van der Waals surface area contributed by atoms with Crippen LogP contribution in [0.15, 0.2) is 48.5 Å². The van der Waals surface area contributed by atoms with Crippen molar-refractivity contribution in [1.29, 1.82) is 0 Å². The Kier molecular flexibility index (Phi) is 7.07. The molecule has 0 aromatic heterocycles. The van der Waals surface area contributed by atoms with Crippen LogP contribution < -0.4 is 20.3 Å². The lowest BCUT2D eigenvalue weighted by Gasteiger charge is -2.14. The second-order valence-corrected chi connectivity index (χ2v) is 6.98. The zero-order chi connectivity index (χ0) is 18.2. The molecular formula is C20H27N3OS. The van der Waals surface area contributed by atoms with E-state index in [1.807, 2.05) is 62.6 Å². The average molecular weight is 358 g/mol. The van der Waals surface area contributed by atoms with E-state index in [1.54, 1.807) is 0 Å². The highest BCUT2D eigenvalue weighted by Crippen LogP contribution is 2.18. The summed E-state index contributed by atoms with van der Waals surface area (Å²) in [5.74, 6) is 1.53. The highest BCUT2D eigenvalue weighted by atomic mass is 32.1. The van der Waals surface area contributed by atoms with Gasteiger partial charge in [-0.05, 0) is 73.1 Å². The van der Waals surface area contributed by atoms with E-state index in [-0.39, 0.29) is 0 Å². The van der Waals surface area contributed by atoms with Crippen LogP contribution in [0.2, 0.25) is 0 Å². The van der Waals surface area contributed by atoms with Crippen molar-refractivity contribution in [3.8, 4) is 5.75 Å². The van der Waals surface area contributed by atoms with Gasteiger partial charge in [0.05, 0.1) is 6.61 Å². The minimum Gasteiger partial charge on any atom is -0.494 e. The van der Waals surface area contributed by atoms with Crippen LogP contribution in [0.3, 0.4) is 0 Å². The SMILES string of the molecule is CC(C)CCOc1ccc(NC(=S)Nc2ccc(N(C)C)cc2)cc1. The minimum atomic E-state index is 0.561. The third kappa shape index (κ3) is 6.63. The fourth-order valence-corrected chi connectivity index (χ4v) is 2.42. The van der Waals surface area contributed by atoms with E-state index in [1.165, 1.54) is 0 Å². The van der Waals surface area contributed by atoms with Crippen molar-refractivity contribution in [2.45, 2.75) is 20.3 Å². The van der Waals surface area contributed by atoms with Gasteiger partial charge >= 0.3 is 0 Å². The summed E-state index contributed by atoms with van der Waals surface area (Å²) in [6.07, 6.45) is 1.06. The van der Waals surface area contributed by atoms with Crippen LogP contribution in [0, 0.1) is 5.92 Å². The fraction of sp³-hybridized carbons (Fsp3) is 0.350. The normalized spacial score (nSPS) is 10.4. The van der Waals surface area contributed by atoms with Crippen LogP contribution in [-0.4, -0.2) is 25.8 Å². The summed E-state index contributed by atoms with van der Waals surface area (Å²) in [5, 5.41) is 6.93. The lowest BCUT2D eigenvalue weighted by atomic mass is 10.1. The van der Waals surface area contributed by atoms with Gasteiger partial charge in [0.2, 0.25) is 0 Å². The average Bonchev–Trinajstić information content (AvgIpc) is 2.56. The second-order valence-electron chi connectivity index (χ2n) is 6.58. The van der Waals surface area contributed by atoms with Gasteiger partial charge in [-0.25, -0.2) is 0 Å². The van der Waals surface area contributed by atoms with Crippen molar-refractivity contribution < 1.29 is 4.74 Å². The number of ether oxygens (including phenoxy) is 1. The number of benzene rings is 2. The molecule has 0 aliphatic rings. The molecule has 0 heterocycles. The molecule has 0 radical (unpaired) electrons. The van der Waals surface area contributed by atoms with Gasteiger partial charge in [0.1, 0.15) is 5.75 Å². The summed E-state index contributed by atoms with van der Waals surface area (Å²) in [4.78, 5) is 2.06. The molecule has 0 atom stereocenters. The Labute approximate surface area is 156 Å². The molecule has 0 spiro atoms. The number of anilines is 3. The minimum absolute atomic E-state index is 0.561. The van der Waals surface area contributed by atoms with Crippen LogP contribution in [0.4, 0.5) is 17.1 Å². The molecular weight excluding hydrogens is 330 g/mol. The largest absolute Gasteiger partial charge is 0.494 e. The standard InChI is InChI=1S/C20H27N3OS/c1-15(2)13-14-24-19-11-7-17(8-12-19)22-20(25)21-16-5-9-18(10-6-16)23(3)4/h5-12,15H,13-14H2,1-4H3,(H2,21,22,25). The molecule has 0 saturated heterocycles. The number of hydrogen-bond donors (Lipinski definition) is 2. The number of rotatable bonds is 7. The number of thiocarbonyl (C=S) groups is 1. The van der Waals surface area contributed by atoms with Crippen molar-refractivity contribution in [1.82, 2.24) is 0 Å². The van der Waals surface area contributed by atoms with Gasteiger partial charge in [-0.3, -0.25) is 0 Å². The zero-order valence-electron chi connectivity index (χ0n) is 15.4. The predicted molar refractivity (Wildman–Crippen MR) is 112 cm³/mol. The molecule has 0 aliphatic heterocycles. The molecule has 0 bridgehead atoms. The van der Waals surface area contributed by atoms with Crippen molar-refractivity contribution >= 4 is 34.4 Å². The second kappa shape index (κ2) is 9.28. The molecule has 25 heavy (non-hydrogen) atoms. The van der Waals surface area contributed by atoms with Crippen LogP contribution >= 0.6 is 12.2 Å².